The maximum Gasteiger partial charge on any atom is 0.258 e. The van der Waals surface area contributed by atoms with Gasteiger partial charge in [-0.1, -0.05) is 30.3 Å². The number of rotatable bonds is 8. The summed E-state index contributed by atoms with van der Waals surface area (Å²) in [6, 6.07) is 15.4. The lowest BCUT2D eigenvalue weighted by Crippen LogP contribution is -2.33. The van der Waals surface area contributed by atoms with Crippen LogP contribution in [0.3, 0.4) is 0 Å². The van der Waals surface area contributed by atoms with E-state index in [-0.39, 0.29) is 24.6 Å². The van der Waals surface area contributed by atoms with Crippen LogP contribution in [-0.2, 0) is 17.8 Å². The second kappa shape index (κ2) is 9.34. The summed E-state index contributed by atoms with van der Waals surface area (Å²) in [6.45, 7) is 0.621. The molecule has 2 heterocycles. The number of nitrogens with zero attached hydrogens (tertiary/aromatic N) is 3. The first-order chi connectivity index (χ1) is 15.5. The fraction of sp³-hybridized carbons (Fsp3) is 0.217. The number of amides is 2. The standard InChI is InChI=1S/C23H23N5O4/c1-31-17-8-6-15(7-9-17)14-32-22-18(21(30)25-13-20(24)29)12-26-23(27-22)28-11-10-16-4-2-3-5-19(16)28/h2-9,12H,10-11,13-14H2,1H3,(H2,24,29)(H,25,30). The van der Waals surface area contributed by atoms with E-state index in [1.54, 1.807) is 7.11 Å². The molecule has 0 radical (unpaired) electrons. The fourth-order valence-corrected chi connectivity index (χ4v) is 3.44. The smallest absolute Gasteiger partial charge is 0.258 e. The Kier molecular flexibility index (Phi) is 6.16. The highest BCUT2D eigenvalue weighted by molar-refractivity contribution is 5.98. The van der Waals surface area contributed by atoms with Gasteiger partial charge in [-0.2, -0.15) is 4.98 Å². The Balaban J connectivity index is 1.61. The van der Waals surface area contributed by atoms with Crippen molar-refractivity contribution in [2.45, 2.75) is 13.0 Å². The summed E-state index contributed by atoms with van der Waals surface area (Å²) in [5.74, 6) is 0.104. The fourth-order valence-electron chi connectivity index (χ4n) is 3.44. The summed E-state index contributed by atoms with van der Waals surface area (Å²) >= 11 is 0. The number of carbonyl (C=O) groups excluding carboxylic acids is 2. The van der Waals surface area contributed by atoms with Gasteiger partial charge in [0, 0.05) is 18.4 Å². The zero-order chi connectivity index (χ0) is 22.5. The molecule has 3 N–H and O–H groups in total. The number of nitrogens with one attached hydrogen (secondary N) is 1. The Morgan fingerprint density at radius 2 is 1.94 bits per heavy atom. The zero-order valence-corrected chi connectivity index (χ0v) is 17.6. The quantitative estimate of drug-likeness (QED) is 0.557. The highest BCUT2D eigenvalue weighted by Gasteiger charge is 2.24. The lowest BCUT2D eigenvalue weighted by Gasteiger charge is -2.19. The third kappa shape index (κ3) is 4.61. The second-order valence-electron chi connectivity index (χ2n) is 7.20. The molecular formula is C23H23N5O4. The van der Waals surface area contributed by atoms with Crippen molar-refractivity contribution >= 4 is 23.5 Å². The van der Waals surface area contributed by atoms with Crippen LogP contribution in [-0.4, -0.2) is 42.0 Å². The highest BCUT2D eigenvalue weighted by Crippen LogP contribution is 2.33. The molecule has 0 atom stereocenters. The number of para-hydroxylation sites is 1. The average Bonchev–Trinajstić information content (AvgIpc) is 3.25. The van der Waals surface area contributed by atoms with Crippen molar-refractivity contribution in [3.8, 4) is 11.6 Å². The molecule has 32 heavy (non-hydrogen) atoms. The van der Waals surface area contributed by atoms with E-state index in [9.17, 15) is 9.59 Å². The monoisotopic (exact) mass is 433 g/mol. The minimum Gasteiger partial charge on any atom is -0.497 e. The maximum atomic E-state index is 12.6. The van der Waals surface area contributed by atoms with Crippen molar-refractivity contribution in [2.24, 2.45) is 5.73 Å². The largest absolute Gasteiger partial charge is 0.497 e. The number of hydrogen-bond donors (Lipinski definition) is 2. The van der Waals surface area contributed by atoms with E-state index < -0.39 is 11.8 Å². The Hall–Kier alpha value is -4.14. The number of ether oxygens (including phenoxy) is 2. The van der Waals surface area contributed by atoms with E-state index in [4.69, 9.17) is 15.2 Å². The first kappa shape index (κ1) is 21.1. The van der Waals surface area contributed by atoms with Crippen molar-refractivity contribution in [1.29, 1.82) is 0 Å². The summed E-state index contributed by atoms with van der Waals surface area (Å²) in [4.78, 5) is 34.6. The number of benzene rings is 2. The third-order valence-corrected chi connectivity index (χ3v) is 5.07. The van der Waals surface area contributed by atoms with E-state index >= 15 is 0 Å². The summed E-state index contributed by atoms with van der Waals surface area (Å²) in [5, 5.41) is 2.45. The molecule has 0 spiro atoms. The van der Waals surface area contributed by atoms with Crippen LogP contribution in [0.1, 0.15) is 21.5 Å². The normalized spacial score (nSPS) is 12.2. The van der Waals surface area contributed by atoms with Crippen molar-refractivity contribution in [3.63, 3.8) is 0 Å². The molecule has 0 fully saturated rings. The number of aromatic nitrogens is 2. The average molecular weight is 433 g/mol. The van der Waals surface area contributed by atoms with Crippen LogP contribution < -0.4 is 25.4 Å². The van der Waals surface area contributed by atoms with Gasteiger partial charge in [-0.15, -0.1) is 0 Å². The molecule has 3 aromatic rings. The van der Waals surface area contributed by atoms with Crippen LogP contribution >= 0.6 is 0 Å². The molecule has 0 saturated carbocycles. The van der Waals surface area contributed by atoms with Gasteiger partial charge in [0.05, 0.1) is 13.7 Å². The van der Waals surface area contributed by atoms with Gasteiger partial charge in [-0.25, -0.2) is 4.98 Å². The number of hydrogen-bond acceptors (Lipinski definition) is 7. The molecule has 1 aliphatic rings. The van der Waals surface area contributed by atoms with Crippen LogP contribution in [0.25, 0.3) is 0 Å². The van der Waals surface area contributed by atoms with Gasteiger partial charge in [-0.3, -0.25) is 9.59 Å². The Labute approximate surface area is 185 Å². The zero-order valence-electron chi connectivity index (χ0n) is 17.6. The molecule has 1 aliphatic heterocycles. The molecule has 164 valence electrons. The molecule has 2 aromatic carbocycles. The van der Waals surface area contributed by atoms with Gasteiger partial charge in [0.2, 0.25) is 17.7 Å². The van der Waals surface area contributed by atoms with Crippen LogP contribution in [0.4, 0.5) is 11.6 Å². The molecule has 9 heteroatoms. The molecule has 9 nitrogen and oxygen atoms in total. The summed E-state index contributed by atoms with van der Waals surface area (Å²) in [7, 11) is 1.60. The first-order valence-electron chi connectivity index (χ1n) is 10.1. The molecule has 0 aliphatic carbocycles. The van der Waals surface area contributed by atoms with Crippen LogP contribution in [0, 0.1) is 0 Å². The third-order valence-electron chi connectivity index (χ3n) is 5.07. The second-order valence-corrected chi connectivity index (χ2v) is 7.20. The predicted molar refractivity (Wildman–Crippen MR) is 118 cm³/mol. The first-order valence-corrected chi connectivity index (χ1v) is 10.1. The van der Waals surface area contributed by atoms with E-state index in [1.807, 2.05) is 47.4 Å². The predicted octanol–water partition coefficient (Wildman–Crippen LogP) is 1.97. The number of methoxy groups -OCH3 is 1. The molecule has 0 unspecified atom stereocenters. The molecule has 4 rings (SSSR count). The van der Waals surface area contributed by atoms with Crippen LogP contribution in [0.15, 0.2) is 54.7 Å². The lowest BCUT2D eigenvalue weighted by molar-refractivity contribution is -0.117. The molecule has 0 bridgehead atoms. The molecular weight excluding hydrogens is 410 g/mol. The SMILES string of the molecule is COc1ccc(COc2nc(N3CCc4ccccc43)ncc2C(=O)NCC(N)=O)cc1. The molecule has 0 saturated heterocycles. The highest BCUT2D eigenvalue weighted by atomic mass is 16.5. The number of carbonyl (C=O) groups is 2. The maximum absolute atomic E-state index is 12.6. The number of nitrogens with two attached hydrogens (primary N) is 1. The van der Waals surface area contributed by atoms with Gasteiger partial charge in [0.25, 0.3) is 5.91 Å². The lowest BCUT2D eigenvalue weighted by atomic mass is 10.2. The minimum absolute atomic E-state index is 0.121. The summed E-state index contributed by atoms with van der Waals surface area (Å²) < 4.78 is 11.1. The van der Waals surface area contributed by atoms with Crippen molar-refractivity contribution in [1.82, 2.24) is 15.3 Å². The molecule has 1 aromatic heterocycles. The van der Waals surface area contributed by atoms with Crippen molar-refractivity contribution in [2.75, 3.05) is 25.1 Å². The van der Waals surface area contributed by atoms with Crippen LogP contribution in [0.2, 0.25) is 0 Å². The summed E-state index contributed by atoms with van der Waals surface area (Å²) in [6.07, 6.45) is 2.28. The topological polar surface area (TPSA) is 120 Å². The minimum atomic E-state index is -0.648. The van der Waals surface area contributed by atoms with E-state index in [0.717, 1.165) is 30.0 Å². The Morgan fingerprint density at radius 3 is 2.69 bits per heavy atom. The number of anilines is 2. The van der Waals surface area contributed by atoms with Crippen molar-refractivity contribution in [3.05, 3.63) is 71.4 Å². The Morgan fingerprint density at radius 1 is 1.16 bits per heavy atom. The molecule has 2 amide bonds. The van der Waals surface area contributed by atoms with Crippen LogP contribution in [0.5, 0.6) is 11.6 Å². The van der Waals surface area contributed by atoms with E-state index in [2.05, 4.69) is 21.4 Å². The van der Waals surface area contributed by atoms with Crippen molar-refractivity contribution < 1.29 is 19.1 Å². The van der Waals surface area contributed by atoms with Gasteiger partial charge in [0.15, 0.2) is 0 Å². The summed E-state index contributed by atoms with van der Waals surface area (Å²) in [5.41, 5.74) is 8.37. The van der Waals surface area contributed by atoms with Gasteiger partial charge < -0.3 is 25.4 Å². The van der Waals surface area contributed by atoms with Gasteiger partial charge in [-0.05, 0) is 35.7 Å². The van der Waals surface area contributed by atoms with E-state index in [1.165, 1.54) is 11.8 Å². The van der Waals surface area contributed by atoms with Gasteiger partial charge in [0.1, 0.15) is 17.9 Å². The Bertz CT molecular complexity index is 1130. The number of primary amides is 1. The number of fused-ring (bicyclic) bond motifs is 1. The van der Waals surface area contributed by atoms with Gasteiger partial charge >= 0.3 is 0 Å². The van der Waals surface area contributed by atoms with E-state index in [0.29, 0.717) is 5.95 Å².